The van der Waals surface area contributed by atoms with Gasteiger partial charge in [-0.15, -0.1) is 0 Å². The first-order valence-electron chi connectivity index (χ1n) is 6.45. The lowest BCUT2D eigenvalue weighted by atomic mass is 9.80. The fourth-order valence-corrected chi connectivity index (χ4v) is 3.00. The van der Waals surface area contributed by atoms with Crippen LogP contribution < -0.4 is 5.32 Å². The minimum absolute atomic E-state index is 0.267. The number of nitrogens with one attached hydrogen (secondary N) is 1. The first-order valence-corrected chi connectivity index (χ1v) is 6.45. The average Bonchev–Trinajstić information content (AvgIpc) is 2.40. The quantitative estimate of drug-likeness (QED) is 0.705. The van der Waals surface area contributed by atoms with Gasteiger partial charge in [-0.05, 0) is 31.6 Å². The SMILES string of the molecule is CC1CC(NC2CCCCCC2C#N)C1. The zero-order chi connectivity index (χ0) is 10.7. The van der Waals surface area contributed by atoms with E-state index >= 15 is 0 Å². The third-order valence-corrected chi connectivity index (χ3v) is 4.01. The van der Waals surface area contributed by atoms with E-state index in [1.807, 2.05) is 0 Å². The molecular weight excluding hydrogens is 184 g/mol. The van der Waals surface area contributed by atoms with Crippen LogP contribution in [0.3, 0.4) is 0 Å². The predicted molar refractivity (Wildman–Crippen MR) is 61.3 cm³/mol. The first kappa shape index (κ1) is 11.0. The van der Waals surface area contributed by atoms with Crippen LogP contribution in [0.25, 0.3) is 0 Å². The maximum absolute atomic E-state index is 9.15. The lowest BCUT2D eigenvalue weighted by Gasteiger charge is -2.37. The number of nitriles is 1. The summed E-state index contributed by atoms with van der Waals surface area (Å²) < 4.78 is 0. The molecule has 0 heterocycles. The molecule has 0 saturated heterocycles. The largest absolute Gasteiger partial charge is 0.310 e. The van der Waals surface area contributed by atoms with E-state index in [4.69, 9.17) is 5.26 Å². The van der Waals surface area contributed by atoms with Crippen molar-refractivity contribution in [3.05, 3.63) is 0 Å². The van der Waals surface area contributed by atoms with Crippen LogP contribution in [0.1, 0.15) is 51.9 Å². The number of nitrogens with zero attached hydrogens (tertiary/aromatic N) is 1. The Morgan fingerprint density at radius 2 is 1.87 bits per heavy atom. The molecule has 0 aromatic carbocycles. The third-order valence-electron chi connectivity index (χ3n) is 4.01. The summed E-state index contributed by atoms with van der Waals surface area (Å²) in [5.41, 5.74) is 0. The van der Waals surface area contributed by atoms with E-state index in [1.165, 1.54) is 38.5 Å². The summed E-state index contributed by atoms with van der Waals surface area (Å²) in [7, 11) is 0. The fourth-order valence-electron chi connectivity index (χ4n) is 3.00. The first-order chi connectivity index (χ1) is 7.29. The highest BCUT2D eigenvalue weighted by molar-refractivity contribution is 4.96. The normalized spacial score (nSPS) is 41.3. The van der Waals surface area contributed by atoms with Crippen LogP contribution in [0, 0.1) is 23.2 Å². The molecule has 0 radical (unpaired) electrons. The molecular formula is C13H22N2. The summed E-state index contributed by atoms with van der Waals surface area (Å²) in [5, 5.41) is 12.9. The molecule has 2 nitrogen and oxygen atoms in total. The fraction of sp³-hybridized carbons (Fsp3) is 0.923. The Morgan fingerprint density at radius 3 is 2.53 bits per heavy atom. The average molecular weight is 206 g/mol. The topological polar surface area (TPSA) is 35.8 Å². The summed E-state index contributed by atoms with van der Waals surface area (Å²) >= 11 is 0. The second kappa shape index (κ2) is 4.99. The number of hydrogen-bond donors (Lipinski definition) is 1. The Balaban J connectivity index is 1.84. The molecule has 0 aromatic heterocycles. The minimum Gasteiger partial charge on any atom is -0.310 e. The van der Waals surface area contributed by atoms with Crippen molar-refractivity contribution in [2.24, 2.45) is 11.8 Å². The Kier molecular flexibility index (Phi) is 3.64. The van der Waals surface area contributed by atoms with Crippen LogP contribution in [0.4, 0.5) is 0 Å². The van der Waals surface area contributed by atoms with Crippen LogP contribution in [-0.2, 0) is 0 Å². The van der Waals surface area contributed by atoms with Gasteiger partial charge < -0.3 is 5.32 Å². The Morgan fingerprint density at radius 1 is 1.13 bits per heavy atom. The van der Waals surface area contributed by atoms with Crippen LogP contribution in [-0.4, -0.2) is 12.1 Å². The standard InChI is InChI=1S/C13H22N2/c1-10-7-12(8-10)15-13-6-4-2-3-5-11(13)9-14/h10-13,15H,2-8H2,1H3. The van der Waals surface area contributed by atoms with Gasteiger partial charge in [0.05, 0.1) is 12.0 Å². The zero-order valence-corrected chi connectivity index (χ0v) is 9.71. The summed E-state index contributed by atoms with van der Waals surface area (Å²) in [6.45, 7) is 2.31. The lowest BCUT2D eigenvalue weighted by molar-refractivity contribution is 0.204. The van der Waals surface area contributed by atoms with Gasteiger partial charge in [0.1, 0.15) is 0 Å². The van der Waals surface area contributed by atoms with Crippen molar-refractivity contribution in [3.63, 3.8) is 0 Å². The molecule has 0 amide bonds. The Labute approximate surface area is 93.0 Å². The number of rotatable bonds is 2. The van der Waals surface area contributed by atoms with Crippen LogP contribution >= 0.6 is 0 Å². The summed E-state index contributed by atoms with van der Waals surface area (Å²) in [5.74, 6) is 1.16. The van der Waals surface area contributed by atoms with Gasteiger partial charge in [0, 0.05) is 12.1 Å². The maximum atomic E-state index is 9.15. The van der Waals surface area contributed by atoms with Gasteiger partial charge in [0.2, 0.25) is 0 Å². The molecule has 2 heteroatoms. The second-order valence-corrected chi connectivity index (χ2v) is 5.42. The van der Waals surface area contributed by atoms with Gasteiger partial charge in [0.25, 0.3) is 0 Å². The predicted octanol–water partition coefficient (Wildman–Crippen LogP) is 2.85. The molecule has 0 spiro atoms. The summed E-state index contributed by atoms with van der Waals surface area (Å²) in [6.07, 6.45) is 8.82. The number of hydrogen-bond acceptors (Lipinski definition) is 2. The lowest BCUT2D eigenvalue weighted by Crippen LogP contribution is -2.48. The summed E-state index contributed by atoms with van der Waals surface area (Å²) in [4.78, 5) is 0. The molecule has 0 aromatic rings. The Bertz CT molecular complexity index is 237. The van der Waals surface area contributed by atoms with Crippen molar-refractivity contribution >= 4 is 0 Å². The third kappa shape index (κ3) is 2.72. The molecule has 2 fully saturated rings. The van der Waals surface area contributed by atoms with Crippen LogP contribution in [0.2, 0.25) is 0 Å². The van der Waals surface area contributed by atoms with Gasteiger partial charge in [-0.25, -0.2) is 0 Å². The van der Waals surface area contributed by atoms with Gasteiger partial charge in [-0.1, -0.05) is 26.2 Å². The highest BCUT2D eigenvalue weighted by Crippen LogP contribution is 2.30. The summed E-state index contributed by atoms with van der Waals surface area (Å²) in [6, 6.07) is 3.69. The Hall–Kier alpha value is -0.550. The van der Waals surface area contributed by atoms with Crippen molar-refractivity contribution in [2.45, 2.75) is 64.0 Å². The van der Waals surface area contributed by atoms with E-state index in [0.29, 0.717) is 12.1 Å². The molecule has 1 N–H and O–H groups in total. The van der Waals surface area contributed by atoms with Gasteiger partial charge in [-0.2, -0.15) is 5.26 Å². The van der Waals surface area contributed by atoms with Crippen molar-refractivity contribution in [2.75, 3.05) is 0 Å². The van der Waals surface area contributed by atoms with E-state index in [-0.39, 0.29) is 5.92 Å². The molecule has 15 heavy (non-hydrogen) atoms. The van der Waals surface area contributed by atoms with Crippen molar-refractivity contribution in [3.8, 4) is 6.07 Å². The van der Waals surface area contributed by atoms with E-state index in [1.54, 1.807) is 0 Å². The molecule has 2 aliphatic rings. The van der Waals surface area contributed by atoms with Crippen molar-refractivity contribution in [1.82, 2.24) is 5.32 Å². The van der Waals surface area contributed by atoms with Gasteiger partial charge in [-0.3, -0.25) is 0 Å². The van der Waals surface area contributed by atoms with Crippen LogP contribution in [0.5, 0.6) is 0 Å². The van der Waals surface area contributed by atoms with E-state index in [0.717, 1.165) is 12.3 Å². The molecule has 2 saturated carbocycles. The molecule has 2 unspecified atom stereocenters. The van der Waals surface area contributed by atoms with E-state index < -0.39 is 0 Å². The van der Waals surface area contributed by atoms with E-state index in [2.05, 4.69) is 18.3 Å². The maximum Gasteiger partial charge on any atom is 0.0672 e. The molecule has 0 aliphatic heterocycles. The van der Waals surface area contributed by atoms with Crippen molar-refractivity contribution in [1.29, 1.82) is 5.26 Å². The minimum atomic E-state index is 0.267. The second-order valence-electron chi connectivity index (χ2n) is 5.42. The highest BCUT2D eigenvalue weighted by atomic mass is 15.0. The van der Waals surface area contributed by atoms with Gasteiger partial charge in [0.15, 0.2) is 0 Å². The van der Waals surface area contributed by atoms with E-state index in [9.17, 15) is 0 Å². The molecule has 2 aliphatic carbocycles. The smallest absolute Gasteiger partial charge is 0.0672 e. The highest BCUT2D eigenvalue weighted by Gasteiger charge is 2.30. The monoisotopic (exact) mass is 206 g/mol. The molecule has 0 bridgehead atoms. The van der Waals surface area contributed by atoms with Crippen LogP contribution in [0.15, 0.2) is 0 Å². The molecule has 2 atom stereocenters. The van der Waals surface area contributed by atoms with Gasteiger partial charge >= 0.3 is 0 Å². The zero-order valence-electron chi connectivity index (χ0n) is 9.71. The van der Waals surface area contributed by atoms with Crippen molar-refractivity contribution < 1.29 is 0 Å². The molecule has 2 rings (SSSR count). The molecule has 84 valence electrons.